The molecule has 1 unspecified atom stereocenters. The predicted molar refractivity (Wildman–Crippen MR) is 105 cm³/mol. The minimum atomic E-state index is -0.193. The highest BCUT2D eigenvalue weighted by Crippen LogP contribution is 2.36. The third kappa shape index (κ3) is 4.42. The van der Waals surface area contributed by atoms with Gasteiger partial charge in [-0.2, -0.15) is 5.26 Å². The third-order valence-electron chi connectivity index (χ3n) is 6.45. The summed E-state index contributed by atoms with van der Waals surface area (Å²) >= 11 is 0. The molecule has 4 aliphatic heterocycles. The van der Waals surface area contributed by atoms with E-state index in [1.807, 2.05) is 0 Å². The number of rotatable bonds is 5. The summed E-state index contributed by atoms with van der Waals surface area (Å²) < 4.78 is 0. The normalized spacial score (nSPS) is 30.0. The first-order chi connectivity index (χ1) is 13.2. The molecule has 1 aromatic carbocycles. The lowest BCUT2D eigenvalue weighted by Crippen LogP contribution is -2.58. The van der Waals surface area contributed by atoms with Crippen LogP contribution in [-0.4, -0.2) is 61.1 Å². The molecule has 4 fully saturated rings. The molecular weight excluding hydrogens is 338 g/mol. The first kappa shape index (κ1) is 18.3. The van der Waals surface area contributed by atoms with Crippen LogP contribution in [0.15, 0.2) is 24.3 Å². The van der Waals surface area contributed by atoms with Gasteiger partial charge < -0.3 is 15.5 Å². The maximum atomic E-state index is 12.2. The Morgan fingerprint density at radius 2 is 2.11 bits per heavy atom. The Morgan fingerprint density at radius 3 is 2.85 bits per heavy atom. The smallest absolute Gasteiger partial charge is 0.319 e. The van der Waals surface area contributed by atoms with Gasteiger partial charge in [-0.05, 0) is 75.4 Å². The van der Waals surface area contributed by atoms with Gasteiger partial charge in [-0.1, -0.05) is 6.07 Å². The zero-order valence-electron chi connectivity index (χ0n) is 15.9. The van der Waals surface area contributed by atoms with Crippen LogP contribution in [-0.2, 0) is 0 Å². The van der Waals surface area contributed by atoms with Gasteiger partial charge in [0.15, 0.2) is 0 Å². The number of piperidine rings is 3. The molecule has 2 N–H and O–H groups in total. The predicted octanol–water partition coefficient (Wildman–Crippen LogP) is 2.49. The number of benzene rings is 1. The van der Waals surface area contributed by atoms with Crippen LogP contribution in [0, 0.1) is 23.2 Å². The molecule has 4 heterocycles. The number of likely N-dealkylation sites (tertiary alicyclic amines) is 1. The van der Waals surface area contributed by atoms with Crippen molar-refractivity contribution < 1.29 is 4.79 Å². The lowest BCUT2D eigenvalue weighted by atomic mass is 9.75. The fourth-order valence-electron chi connectivity index (χ4n) is 5.02. The highest BCUT2D eigenvalue weighted by atomic mass is 16.2. The van der Waals surface area contributed by atoms with Crippen molar-refractivity contribution in [2.75, 3.05) is 44.6 Å². The van der Waals surface area contributed by atoms with Crippen LogP contribution < -0.4 is 10.6 Å². The van der Waals surface area contributed by atoms with Crippen molar-refractivity contribution in [3.05, 3.63) is 29.8 Å². The molecule has 6 heteroatoms. The average Bonchev–Trinajstić information content (AvgIpc) is 3.20. The molecule has 6 nitrogen and oxygen atoms in total. The van der Waals surface area contributed by atoms with Crippen molar-refractivity contribution in [2.24, 2.45) is 11.8 Å². The summed E-state index contributed by atoms with van der Waals surface area (Å²) in [5, 5.41) is 14.8. The van der Waals surface area contributed by atoms with Gasteiger partial charge in [0.05, 0.1) is 11.6 Å². The Bertz CT molecular complexity index is 709. The molecule has 0 aromatic heterocycles. The van der Waals surface area contributed by atoms with E-state index in [1.54, 1.807) is 24.3 Å². The summed E-state index contributed by atoms with van der Waals surface area (Å²) in [5.41, 5.74) is 1.20. The van der Waals surface area contributed by atoms with Crippen LogP contribution in [0.25, 0.3) is 0 Å². The lowest BCUT2D eigenvalue weighted by molar-refractivity contribution is -0.00837. The summed E-state index contributed by atoms with van der Waals surface area (Å²) in [7, 11) is 0. The molecule has 0 spiro atoms. The second kappa shape index (κ2) is 8.28. The van der Waals surface area contributed by atoms with Gasteiger partial charge in [0.2, 0.25) is 0 Å². The van der Waals surface area contributed by atoms with Gasteiger partial charge in [0.25, 0.3) is 0 Å². The molecule has 144 valence electrons. The number of fused-ring (bicyclic) bond motifs is 3. The zero-order valence-corrected chi connectivity index (χ0v) is 15.9. The SMILES string of the molecule is N#Cc1cccc(NC(=O)NC[C@@H]2C[C@H]3CCN2C[C@@H]3CN2CCCC2)c1. The van der Waals surface area contributed by atoms with E-state index in [4.69, 9.17) is 5.26 Å². The molecule has 27 heavy (non-hydrogen) atoms. The molecule has 0 radical (unpaired) electrons. The Hall–Kier alpha value is -2.10. The molecular formula is C21H29N5O. The Balaban J connectivity index is 1.24. The van der Waals surface area contributed by atoms with Gasteiger partial charge in [-0.3, -0.25) is 4.90 Å². The second-order valence-corrected chi connectivity index (χ2v) is 8.23. The molecule has 4 atom stereocenters. The van der Waals surface area contributed by atoms with E-state index in [0.29, 0.717) is 23.8 Å². The quantitative estimate of drug-likeness (QED) is 0.839. The van der Waals surface area contributed by atoms with Crippen LogP contribution >= 0.6 is 0 Å². The second-order valence-electron chi connectivity index (χ2n) is 8.23. The van der Waals surface area contributed by atoms with E-state index in [1.165, 1.54) is 58.4 Å². The number of carbonyl (C=O) groups is 1. The molecule has 0 aliphatic carbocycles. The van der Waals surface area contributed by atoms with Crippen LogP contribution in [0.4, 0.5) is 10.5 Å². The monoisotopic (exact) mass is 367 g/mol. The molecule has 4 saturated heterocycles. The average molecular weight is 367 g/mol. The number of hydrogen-bond acceptors (Lipinski definition) is 4. The van der Waals surface area contributed by atoms with Gasteiger partial charge in [0.1, 0.15) is 0 Å². The molecule has 2 amide bonds. The van der Waals surface area contributed by atoms with Gasteiger partial charge in [-0.25, -0.2) is 4.79 Å². The highest BCUT2D eigenvalue weighted by molar-refractivity contribution is 5.89. The first-order valence-electron chi connectivity index (χ1n) is 10.2. The van der Waals surface area contributed by atoms with Crippen molar-refractivity contribution in [3.8, 4) is 6.07 Å². The van der Waals surface area contributed by atoms with Gasteiger partial charge >= 0.3 is 6.03 Å². The Labute approximate surface area is 161 Å². The van der Waals surface area contributed by atoms with Crippen molar-refractivity contribution >= 4 is 11.7 Å². The van der Waals surface area contributed by atoms with Gasteiger partial charge in [0, 0.05) is 31.4 Å². The maximum Gasteiger partial charge on any atom is 0.319 e. The number of hydrogen-bond donors (Lipinski definition) is 2. The number of nitrogens with zero attached hydrogens (tertiary/aromatic N) is 3. The van der Waals surface area contributed by atoms with Crippen LogP contribution in [0.5, 0.6) is 0 Å². The molecule has 1 aromatic rings. The van der Waals surface area contributed by atoms with E-state index >= 15 is 0 Å². The summed E-state index contributed by atoms with van der Waals surface area (Å²) in [4.78, 5) is 17.4. The largest absolute Gasteiger partial charge is 0.336 e. The number of carbonyl (C=O) groups excluding carboxylic acids is 1. The molecule has 4 aliphatic rings. The fraction of sp³-hybridized carbons (Fsp3) is 0.619. The molecule has 5 rings (SSSR count). The van der Waals surface area contributed by atoms with Crippen LogP contribution in [0.3, 0.4) is 0 Å². The molecule has 2 bridgehead atoms. The number of nitriles is 1. The fourth-order valence-corrected chi connectivity index (χ4v) is 5.02. The minimum absolute atomic E-state index is 0.193. The number of amides is 2. The summed E-state index contributed by atoms with van der Waals surface area (Å²) in [6.45, 7) is 6.86. The van der Waals surface area contributed by atoms with E-state index in [9.17, 15) is 4.79 Å². The van der Waals surface area contributed by atoms with Crippen molar-refractivity contribution in [1.82, 2.24) is 15.1 Å². The topological polar surface area (TPSA) is 71.4 Å². The van der Waals surface area contributed by atoms with Crippen LogP contribution in [0.1, 0.15) is 31.2 Å². The first-order valence-corrected chi connectivity index (χ1v) is 10.2. The van der Waals surface area contributed by atoms with Gasteiger partial charge in [-0.15, -0.1) is 0 Å². The summed E-state index contributed by atoms with van der Waals surface area (Å²) in [6, 6.07) is 9.35. The highest BCUT2D eigenvalue weighted by Gasteiger charge is 2.40. The van der Waals surface area contributed by atoms with Crippen molar-refractivity contribution in [2.45, 2.75) is 31.7 Å². The number of urea groups is 1. The zero-order chi connectivity index (χ0) is 18.6. The number of anilines is 1. The summed E-state index contributed by atoms with van der Waals surface area (Å²) in [6.07, 6.45) is 5.23. The minimum Gasteiger partial charge on any atom is -0.336 e. The van der Waals surface area contributed by atoms with E-state index in [2.05, 4.69) is 26.5 Å². The molecule has 0 saturated carbocycles. The van der Waals surface area contributed by atoms with Crippen LogP contribution in [0.2, 0.25) is 0 Å². The lowest BCUT2D eigenvalue weighted by Gasteiger charge is -2.50. The number of nitrogens with one attached hydrogen (secondary N) is 2. The Kier molecular flexibility index (Phi) is 5.61. The standard InChI is InChI=1S/C21H29N5O/c22-12-16-4-3-5-19(10-16)24-21(27)23-13-20-11-17-6-9-26(20)15-18(17)14-25-7-1-2-8-25/h3-5,10,17-18,20H,1-2,6-9,11,13-15H2,(H2,23,24,27)/t17-,18+,20+/m1/s1. The third-order valence-corrected chi connectivity index (χ3v) is 6.45. The van der Waals surface area contributed by atoms with E-state index < -0.39 is 0 Å². The van der Waals surface area contributed by atoms with E-state index in [0.717, 1.165) is 11.8 Å². The maximum absolute atomic E-state index is 12.2. The Morgan fingerprint density at radius 1 is 1.26 bits per heavy atom. The van der Waals surface area contributed by atoms with E-state index in [-0.39, 0.29) is 6.03 Å². The van der Waals surface area contributed by atoms with Crippen molar-refractivity contribution in [3.63, 3.8) is 0 Å². The van der Waals surface area contributed by atoms with Crippen molar-refractivity contribution in [1.29, 1.82) is 5.26 Å². The summed E-state index contributed by atoms with van der Waals surface area (Å²) in [5.74, 6) is 1.61.